The van der Waals surface area contributed by atoms with Gasteiger partial charge in [-0.15, -0.1) is 0 Å². The number of hydrogen-bond donors (Lipinski definition) is 0. The summed E-state index contributed by atoms with van der Waals surface area (Å²) in [5.74, 6) is -0.469. The second-order valence-corrected chi connectivity index (χ2v) is 5.27. The Balaban J connectivity index is 2.67. The van der Waals surface area contributed by atoms with E-state index < -0.39 is 12.0 Å². The molecule has 1 aliphatic heterocycles. The highest BCUT2D eigenvalue weighted by Gasteiger charge is 2.39. The second-order valence-electron chi connectivity index (χ2n) is 4.87. The number of methoxy groups -OCH3 is 1. The third-order valence-corrected chi connectivity index (χ3v) is 4.09. The van der Waals surface area contributed by atoms with Gasteiger partial charge in [0.05, 0.1) is 18.7 Å². The molecule has 112 valence electrons. The normalized spacial score (nSPS) is 19.1. The molecule has 1 aromatic carbocycles. The number of amides is 2. The highest BCUT2D eigenvalue weighted by molar-refractivity contribution is 6.31. The van der Waals surface area contributed by atoms with Gasteiger partial charge in [-0.1, -0.05) is 29.8 Å². The highest BCUT2D eigenvalue weighted by Crippen LogP contribution is 2.38. The molecular weight excluding hydrogens is 292 g/mol. The predicted octanol–water partition coefficient (Wildman–Crippen LogP) is 2.83. The fourth-order valence-corrected chi connectivity index (χ4v) is 2.73. The zero-order chi connectivity index (χ0) is 15.7. The lowest BCUT2D eigenvalue weighted by Crippen LogP contribution is -2.47. The van der Waals surface area contributed by atoms with E-state index in [1.807, 2.05) is 6.07 Å². The number of nitrogens with zero attached hydrogens (tertiary/aromatic N) is 2. The Kier molecular flexibility index (Phi) is 4.23. The third-order valence-electron chi connectivity index (χ3n) is 3.75. The number of carbonyl (C=O) groups is 2. The molecule has 0 radical (unpaired) electrons. The summed E-state index contributed by atoms with van der Waals surface area (Å²) in [6, 6.07) is 6.40. The quantitative estimate of drug-likeness (QED) is 0.789. The van der Waals surface area contributed by atoms with E-state index in [4.69, 9.17) is 16.3 Å². The monoisotopic (exact) mass is 308 g/mol. The topological polar surface area (TPSA) is 49.9 Å². The fraction of sp³-hybridized carbons (Fsp3) is 0.333. The van der Waals surface area contributed by atoms with E-state index in [-0.39, 0.29) is 6.03 Å². The van der Waals surface area contributed by atoms with E-state index in [9.17, 15) is 9.59 Å². The van der Waals surface area contributed by atoms with Crippen molar-refractivity contribution in [3.63, 3.8) is 0 Å². The first-order valence-corrected chi connectivity index (χ1v) is 6.82. The van der Waals surface area contributed by atoms with Crippen molar-refractivity contribution < 1.29 is 14.3 Å². The largest absolute Gasteiger partial charge is 0.466 e. The number of likely N-dealkylation sites (N-methyl/N-ethyl adjacent to an activating group) is 1. The van der Waals surface area contributed by atoms with Crippen LogP contribution in [0.1, 0.15) is 18.5 Å². The summed E-state index contributed by atoms with van der Waals surface area (Å²) in [5.41, 5.74) is 1.67. The first-order chi connectivity index (χ1) is 9.90. The van der Waals surface area contributed by atoms with E-state index in [0.29, 0.717) is 21.9 Å². The fourth-order valence-electron chi connectivity index (χ4n) is 2.49. The van der Waals surface area contributed by atoms with Crippen molar-refractivity contribution >= 4 is 23.6 Å². The number of hydrogen-bond acceptors (Lipinski definition) is 3. The number of carbonyl (C=O) groups excluding carboxylic acids is 2. The van der Waals surface area contributed by atoms with Gasteiger partial charge < -0.3 is 14.5 Å². The zero-order valence-electron chi connectivity index (χ0n) is 12.4. The van der Waals surface area contributed by atoms with Crippen LogP contribution in [0.25, 0.3) is 0 Å². The molecule has 0 saturated carbocycles. The van der Waals surface area contributed by atoms with E-state index in [2.05, 4.69) is 0 Å². The molecule has 1 heterocycles. The van der Waals surface area contributed by atoms with E-state index in [1.165, 1.54) is 16.9 Å². The van der Waals surface area contributed by atoms with Crippen molar-refractivity contribution in [1.82, 2.24) is 9.80 Å². The van der Waals surface area contributed by atoms with E-state index in [1.54, 1.807) is 39.2 Å². The Morgan fingerprint density at radius 2 is 1.90 bits per heavy atom. The molecule has 0 bridgehead atoms. The van der Waals surface area contributed by atoms with Gasteiger partial charge >= 0.3 is 12.0 Å². The second kappa shape index (κ2) is 5.77. The summed E-state index contributed by atoms with van der Waals surface area (Å²) in [5, 5.41) is 0.501. The number of rotatable bonds is 2. The number of benzene rings is 1. The highest BCUT2D eigenvalue weighted by atomic mass is 35.5. The van der Waals surface area contributed by atoms with Crippen LogP contribution in [0, 0.1) is 0 Å². The molecule has 0 aromatic heterocycles. The van der Waals surface area contributed by atoms with Crippen molar-refractivity contribution in [1.29, 1.82) is 0 Å². The lowest BCUT2D eigenvalue weighted by atomic mass is 9.93. The Morgan fingerprint density at radius 3 is 2.48 bits per heavy atom. The minimum absolute atomic E-state index is 0.204. The molecule has 0 spiro atoms. The molecule has 0 unspecified atom stereocenters. The van der Waals surface area contributed by atoms with E-state index in [0.717, 1.165) is 0 Å². The van der Waals surface area contributed by atoms with Crippen LogP contribution >= 0.6 is 11.6 Å². The first kappa shape index (κ1) is 15.4. The summed E-state index contributed by atoms with van der Waals surface area (Å²) < 4.78 is 4.88. The number of ether oxygens (including phenoxy) is 1. The van der Waals surface area contributed by atoms with Gasteiger partial charge in [-0.3, -0.25) is 0 Å². The minimum Gasteiger partial charge on any atom is -0.466 e. The number of esters is 1. The lowest BCUT2D eigenvalue weighted by Gasteiger charge is -2.39. The van der Waals surface area contributed by atoms with Gasteiger partial charge in [-0.25, -0.2) is 9.59 Å². The Bertz CT molecular complexity index is 627. The van der Waals surface area contributed by atoms with Gasteiger partial charge in [-0.2, -0.15) is 0 Å². The molecular formula is C15H17ClN2O3. The number of halogens is 1. The molecule has 1 atom stereocenters. The van der Waals surface area contributed by atoms with Crippen molar-refractivity contribution in [2.75, 3.05) is 21.2 Å². The van der Waals surface area contributed by atoms with Gasteiger partial charge in [-0.05, 0) is 18.6 Å². The van der Waals surface area contributed by atoms with Crippen LogP contribution in [0.15, 0.2) is 35.5 Å². The maximum atomic E-state index is 12.3. The standard InChI is InChI=1S/C15H17ClN2O3/c1-9-12(14(19)21-4)13(18(3)15(20)17(9)2)10-7-5-6-8-11(10)16/h5-8,13H,1-4H3/t13-/m1/s1. The minimum atomic E-state index is -0.560. The third kappa shape index (κ3) is 2.49. The maximum absolute atomic E-state index is 12.3. The molecule has 0 aliphatic carbocycles. The lowest BCUT2D eigenvalue weighted by molar-refractivity contribution is -0.137. The summed E-state index contributed by atoms with van der Waals surface area (Å²) in [6.07, 6.45) is 0. The van der Waals surface area contributed by atoms with Crippen molar-refractivity contribution in [2.45, 2.75) is 13.0 Å². The molecule has 1 aromatic rings. The SMILES string of the molecule is COC(=O)C1=C(C)N(C)C(=O)N(C)[C@@H]1c1ccccc1Cl. The maximum Gasteiger partial charge on any atom is 0.337 e. The molecule has 2 rings (SSSR count). The van der Waals surface area contributed by atoms with Crippen LogP contribution in [-0.2, 0) is 9.53 Å². The molecule has 21 heavy (non-hydrogen) atoms. The molecule has 0 fully saturated rings. The van der Waals surface area contributed by atoms with Crippen molar-refractivity contribution in [2.24, 2.45) is 0 Å². The van der Waals surface area contributed by atoms with Gasteiger partial charge in [0.1, 0.15) is 0 Å². The van der Waals surface area contributed by atoms with Gasteiger partial charge in [0.15, 0.2) is 0 Å². The molecule has 0 saturated heterocycles. The average molecular weight is 309 g/mol. The van der Waals surface area contributed by atoms with Crippen molar-refractivity contribution in [3.05, 3.63) is 46.1 Å². The van der Waals surface area contributed by atoms with Crippen LogP contribution in [0.4, 0.5) is 4.79 Å². The van der Waals surface area contributed by atoms with Crippen molar-refractivity contribution in [3.8, 4) is 0 Å². The van der Waals surface area contributed by atoms with Crippen LogP contribution < -0.4 is 0 Å². The van der Waals surface area contributed by atoms with Gasteiger partial charge in [0, 0.05) is 24.8 Å². The number of urea groups is 1. The molecule has 6 heteroatoms. The summed E-state index contributed by atoms with van der Waals surface area (Å²) in [7, 11) is 4.59. The summed E-state index contributed by atoms with van der Waals surface area (Å²) >= 11 is 6.24. The smallest absolute Gasteiger partial charge is 0.337 e. The molecule has 5 nitrogen and oxygen atoms in total. The Labute approximate surface area is 128 Å². The van der Waals surface area contributed by atoms with Crippen LogP contribution in [-0.4, -0.2) is 43.0 Å². The zero-order valence-corrected chi connectivity index (χ0v) is 13.1. The Morgan fingerprint density at radius 1 is 1.29 bits per heavy atom. The summed E-state index contributed by atoms with van der Waals surface area (Å²) in [4.78, 5) is 27.4. The average Bonchev–Trinajstić information content (AvgIpc) is 2.49. The van der Waals surface area contributed by atoms with Gasteiger partial charge in [0.2, 0.25) is 0 Å². The van der Waals surface area contributed by atoms with Crippen LogP contribution in [0.3, 0.4) is 0 Å². The van der Waals surface area contributed by atoms with E-state index >= 15 is 0 Å². The molecule has 2 amide bonds. The van der Waals surface area contributed by atoms with Gasteiger partial charge in [0.25, 0.3) is 0 Å². The first-order valence-electron chi connectivity index (χ1n) is 6.44. The predicted molar refractivity (Wildman–Crippen MR) is 79.8 cm³/mol. The molecule has 1 aliphatic rings. The molecule has 0 N–H and O–H groups in total. The summed E-state index contributed by atoms with van der Waals surface area (Å²) in [6.45, 7) is 1.72. The Hall–Kier alpha value is -2.01. The van der Waals surface area contributed by atoms with Crippen LogP contribution in [0.2, 0.25) is 5.02 Å². The van der Waals surface area contributed by atoms with Crippen LogP contribution in [0.5, 0.6) is 0 Å². The number of allylic oxidation sites excluding steroid dienone is 1.